The molecule has 1 aromatic heterocycles. The second kappa shape index (κ2) is 9.21. The number of alkyl halides is 5. The molecule has 2 aromatic carbocycles. The second-order valence-electron chi connectivity index (χ2n) is 7.87. The van der Waals surface area contributed by atoms with Crippen LogP contribution in [0.5, 0.6) is 17.4 Å². The van der Waals surface area contributed by atoms with Gasteiger partial charge in [0.1, 0.15) is 11.3 Å². The normalized spacial score (nSPS) is 17.6. The Balaban J connectivity index is 1.61. The lowest BCUT2D eigenvalue weighted by Crippen LogP contribution is -2.55. The number of hydrogen-bond donors (Lipinski definition) is 1. The second-order valence-corrected chi connectivity index (χ2v) is 7.87. The van der Waals surface area contributed by atoms with Crippen LogP contribution in [-0.4, -0.2) is 58.2 Å². The van der Waals surface area contributed by atoms with E-state index in [-0.39, 0.29) is 5.88 Å². The molecule has 1 fully saturated rings. The molecule has 0 spiro atoms. The van der Waals surface area contributed by atoms with Crippen molar-refractivity contribution < 1.29 is 50.5 Å². The summed E-state index contributed by atoms with van der Waals surface area (Å²) in [5, 5.41) is 10.3. The van der Waals surface area contributed by atoms with Crippen molar-refractivity contribution in [3.8, 4) is 17.4 Å². The van der Waals surface area contributed by atoms with Crippen LogP contribution in [-0.2, 0) is 4.79 Å². The van der Waals surface area contributed by atoms with Crippen LogP contribution in [0.1, 0.15) is 16.8 Å². The number of carbonyl (C=O) groups excluding carboxylic acids is 2. The highest BCUT2D eigenvalue weighted by Crippen LogP contribution is 2.35. The summed E-state index contributed by atoms with van der Waals surface area (Å²) in [6.07, 6.45) is -8.33. The van der Waals surface area contributed by atoms with E-state index in [1.54, 1.807) is 30.3 Å². The van der Waals surface area contributed by atoms with Gasteiger partial charge in [0.05, 0.1) is 12.1 Å². The molecule has 0 bridgehead atoms. The first-order valence-electron chi connectivity index (χ1n) is 10.4. The summed E-state index contributed by atoms with van der Waals surface area (Å²) in [5.74, 6) is -11.7. The van der Waals surface area contributed by atoms with Crippen LogP contribution in [0.25, 0.3) is 10.9 Å². The summed E-state index contributed by atoms with van der Waals surface area (Å²) in [5.41, 5.74) is -0.764. The largest absolute Gasteiger partial charge is 0.505 e. The summed E-state index contributed by atoms with van der Waals surface area (Å²) in [7, 11) is 0. The summed E-state index contributed by atoms with van der Waals surface area (Å²) < 4.78 is 91.2. The maximum absolute atomic E-state index is 14.6. The first-order valence-corrected chi connectivity index (χ1v) is 10.4. The van der Waals surface area contributed by atoms with Crippen molar-refractivity contribution in [3.63, 3.8) is 0 Å². The number of amides is 1. The van der Waals surface area contributed by atoms with E-state index in [1.807, 2.05) is 0 Å². The number of phenolic OH excluding ortho intramolecular Hbond substituents is 1. The molecule has 4 rings (SSSR count). The molecule has 1 N–H and O–H groups in total. The number of piperidine rings is 1. The number of aromatic hydroxyl groups is 1. The van der Waals surface area contributed by atoms with E-state index in [9.17, 15) is 41.0 Å². The lowest BCUT2D eigenvalue weighted by molar-refractivity contribution is -0.189. The Bertz CT molecular complexity index is 1330. The summed E-state index contributed by atoms with van der Waals surface area (Å²) in [4.78, 5) is 29.1. The van der Waals surface area contributed by atoms with Crippen molar-refractivity contribution in [2.45, 2.75) is 24.6 Å². The molecule has 0 aliphatic carbocycles. The average molecular weight is 514 g/mol. The molecule has 1 atom stereocenters. The molecular formula is C23H16F6N2O5. The number of rotatable bonds is 4. The van der Waals surface area contributed by atoms with E-state index in [0.717, 1.165) is 5.39 Å². The van der Waals surface area contributed by atoms with Gasteiger partial charge < -0.3 is 19.5 Å². The SMILES string of the molecule is O=C(c1c(OC(=O)C(F)(F)F)ccc(O)c1F)N1CCC(F)(F)C(Oc2ccc3ccccc3n2)C1. The Morgan fingerprint density at radius 3 is 2.53 bits per heavy atom. The molecule has 190 valence electrons. The minimum absolute atomic E-state index is 0.170. The third-order valence-corrected chi connectivity index (χ3v) is 5.43. The number of carbonyl (C=O) groups is 2. The van der Waals surface area contributed by atoms with Crippen molar-refractivity contribution in [2.24, 2.45) is 0 Å². The van der Waals surface area contributed by atoms with Crippen molar-refractivity contribution in [1.82, 2.24) is 9.88 Å². The van der Waals surface area contributed by atoms with Gasteiger partial charge in [0.2, 0.25) is 5.88 Å². The molecule has 36 heavy (non-hydrogen) atoms. The zero-order chi connectivity index (χ0) is 26.3. The molecule has 1 amide bonds. The predicted molar refractivity (Wildman–Crippen MR) is 111 cm³/mol. The van der Waals surface area contributed by atoms with Crippen LogP contribution in [0, 0.1) is 5.82 Å². The maximum Gasteiger partial charge on any atom is 0.491 e. The van der Waals surface area contributed by atoms with Crippen LogP contribution in [0.3, 0.4) is 0 Å². The minimum Gasteiger partial charge on any atom is -0.505 e. The minimum atomic E-state index is -5.46. The molecule has 1 aliphatic heterocycles. The number of fused-ring (bicyclic) bond motifs is 1. The third kappa shape index (κ3) is 4.99. The first kappa shape index (κ1) is 25.1. The number of ether oxygens (including phenoxy) is 2. The number of phenols is 1. The van der Waals surface area contributed by atoms with Crippen molar-refractivity contribution in [1.29, 1.82) is 0 Å². The molecule has 2 heterocycles. The van der Waals surface area contributed by atoms with Crippen molar-refractivity contribution >= 4 is 22.8 Å². The van der Waals surface area contributed by atoms with Gasteiger partial charge in [-0.2, -0.15) is 13.2 Å². The van der Waals surface area contributed by atoms with Gasteiger partial charge >= 0.3 is 12.1 Å². The topological polar surface area (TPSA) is 89.0 Å². The van der Waals surface area contributed by atoms with Gasteiger partial charge in [0.15, 0.2) is 17.7 Å². The quantitative estimate of drug-likeness (QED) is 0.314. The number of nitrogens with zero attached hydrogens (tertiary/aromatic N) is 2. The zero-order valence-electron chi connectivity index (χ0n) is 18.1. The number of likely N-dealkylation sites (tertiary alicyclic amines) is 1. The third-order valence-electron chi connectivity index (χ3n) is 5.43. The van der Waals surface area contributed by atoms with Crippen LogP contribution < -0.4 is 9.47 Å². The van der Waals surface area contributed by atoms with Gasteiger partial charge in [-0.25, -0.2) is 22.9 Å². The van der Waals surface area contributed by atoms with Gasteiger partial charge in [0.25, 0.3) is 11.8 Å². The molecule has 0 radical (unpaired) electrons. The molecule has 1 saturated heterocycles. The molecule has 0 saturated carbocycles. The van der Waals surface area contributed by atoms with Crippen LogP contribution >= 0.6 is 0 Å². The highest BCUT2D eigenvalue weighted by atomic mass is 19.4. The molecule has 1 aliphatic rings. The molecular weight excluding hydrogens is 498 g/mol. The Kier molecular flexibility index (Phi) is 6.41. The van der Waals surface area contributed by atoms with E-state index in [1.165, 1.54) is 6.07 Å². The standard InChI is InChI=1S/C23H16F6N2O5/c24-19-14(32)6-7-15(35-21(34)23(27,28)29)18(19)20(33)31-10-9-22(25,26)16(11-31)36-17-8-5-12-3-1-2-4-13(12)30-17/h1-8,16,32H,9-11H2. The van der Waals surface area contributed by atoms with Gasteiger partial charge in [-0.05, 0) is 24.3 Å². The first-order chi connectivity index (χ1) is 16.9. The van der Waals surface area contributed by atoms with Gasteiger partial charge in [-0.3, -0.25) is 4.79 Å². The summed E-state index contributed by atoms with van der Waals surface area (Å²) >= 11 is 0. The van der Waals surface area contributed by atoms with Crippen molar-refractivity contribution in [2.75, 3.05) is 13.1 Å². The molecule has 1 unspecified atom stereocenters. The molecule has 13 heteroatoms. The van der Waals surface area contributed by atoms with E-state index in [4.69, 9.17) is 4.74 Å². The van der Waals surface area contributed by atoms with Crippen LogP contribution in [0.2, 0.25) is 0 Å². The van der Waals surface area contributed by atoms with E-state index >= 15 is 0 Å². The van der Waals surface area contributed by atoms with Gasteiger partial charge in [-0.1, -0.05) is 18.2 Å². The maximum atomic E-state index is 14.6. The number of halogens is 6. The average Bonchev–Trinajstić information content (AvgIpc) is 2.82. The highest BCUT2D eigenvalue weighted by molar-refractivity contribution is 5.98. The lowest BCUT2D eigenvalue weighted by Gasteiger charge is -2.38. The fourth-order valence-corrected chi connectivity index (χ4v) is 3.58. The van der Waals surface area contributed by atoms with E-state index < -0.39 is 72.5 Å². The number of esters is 1. The number of para-hydroxylation sites is 1. The molecule has 7 nitrogen and oxygen atoms in total. The smallest absolute Gasteiger partial charge is 0.491 e. The highest BCUT2D eigenvalue weighted by Gasteiger charge is 2.48. The fraction of sp³-hybridized carbons (Fsp3) is 0.261. The lowest BCUT2D eigenvalue weighted by atomic mass is 10.0. The predicted octanol–water partition coefficient (Wildman–Crippen LogP) is 4.48. The van der Waals surface area contributed by atoms with E-state index in [2.05, 4.69) is 9.72 Å². The Hall–Kier alpha value is -4.03. The Morgan fingerprint density at radius 1 is 1.08 bits per heavy atom. The Morgan fingerprint density at radius 2 is 1.81 bits per heavy atom. The number of hydrogen-bond acceptors (Lipinski definition) is 6. The Labute approximate surface area is 198 Å². The molecule has 3 aromatic rings. The van der Waals surface area contributed by atoms with Crippen LogP contribution in [0.15, 0.2) is 48.5 Å². The van der Waals surface area contributed by atoms with Crippen molar-refractivity contribution in [3.05, 3.63) is 59.9 Å². The van der Waals surface area contributed by atoms with E-state index in [0.29, 0.717) is 22.5 Å². The number of benzene rings is 2. The summed E-state index contributed by atoms with van der Waals surface area (Å²) in [6, 6.07) is 10.9. The van der Waals surface area contributed by atoms with Gasteiger partial charge in [-0.15, -0.1) is 0 Å². The van der Waals surface area contributed by atoms with Crippen LogP contribution in [0.4, 0.5) is 26.3 Å². The van der Waals surface area contributed by atoms with Gasteiger partial charge in [0, 0.05) is 24.4 Å². The summed E-state index contributed by atoms with van der Waals surface area (Å²) in [6.45, 7) is -1.43. The fourth-order valence-electron chi connectivity index (χ4n) is 3.58. The zero-order valence-corrected chi connectivity index (χ0v) is 18.1. The monoisotopic (exact) mass is 514 g/mol. The number of aromatic nitrogens is 1. The number of pyridine rings is 1.